The van der Waals surface area contributed by atoms with Gasteiger partial charge in [-0.2, -0.15) is 5.26 Å². The summed E-state index contributed by atoms with van der Waals surface area (Å²) >= 11 is 3.08. The maximum Gasteiger partial charge on any atom is 0.161 e. The SMILES string of the molecule is CC1(Nc2ccc(C#N)c(Br)c2F)CC1. The highest BCUT2D eigenvalue weighted by atomic mass is 79.9. The molecule has 15 heavy (non-hydrogen) atoms. The van der Waals surface area contributed by atoms with E-state index in [1.165, 1.54) is 0 Å². The predicted octanol–water partition coefficient (Wildman–Crippen LogP) is 3.42. The number of nitrogens with zero attached hydrogens (tertiary/aromatic N) is 1. The Balaban J connectivity index is 2.34. The van der Waals surface area contributed by atoms with E-state index in [0.29, 0.717) is 11.3 Å². The summed E-state index contributed by atoms with van der Waals surface area (Å²) in [6.45, 7) is 2.05. The topological polar surface area (TPSA) is 35.8 Å². The summed E-state index contributed by atoms with van der Waals surface area (Å²) in [5.74, 6) is -0.387. The maximum atomic E-state index is 13.7. The van der Waals surface area contributed by atoms with E-state index in [1.807, 2.05) is 6.07 Å². The van der Waals surface area contributed by atoms with Crippen molar-refractivity contribution in [2.75, 3.05) is 5.32 Å². The third-order valence-corrected chi connectivity index (χ3v) is 3.41. The highest BCUT2D eigenvalue weighted by Crippen LogP contribution is 2.39. The molecule has 0 atom stereocenters. The molecule has 2 rings (SSSR count). The first kappa shape index (κ1) is 10.4. The molecule has 1 aromatic carbocycles. The molecule has 0 unspecified atom stereocenters. The molecule has 0 amide bonds. The highest BCUT2D eigenvalue weighted by Gasteiger charge is 2.37. The molecule has 2 nitrogen and oxygen atoms in total. The number of hydrogen-bond acceptors (Lipinski definition) is 2. The smallest absolute Gasteiger partial charge is 0.161 e. The molecule has 0 aromatic heterocycles. The van der Waals surface area contributed by atoms with Crippen LogP contribution < -0.4 is 5.32 Å². The van der Waals surface area contributed by atoms with Gasteiger partial charge in [-0.1, -0.05) is 0 Å². The van der Waals surface area contributed by atoms with Crippen LogP contribution in [0.3, 0.4) is 0 Å². The summed E-state index contributed by atoms with van der Waals surface area (Å²) in [5, 5.41) is 11.8. The fourth-order valence-corrected chi connectivity index (χ4v) is 1.80. The van der Waals surface area contributed by atoms with E-state index in [4.69, 9.17) is 5.26 Å². The van der Waals surface area contributed by atoms with Crippen molar-refractivity contribution in [2.24, 2.45) is 0 Å². The Morgan fingerprint density at radius 1 is 1.53 bits per heavy atom. The molecule has 1 aliphatic carbocycles. The van der Waals surface area contributed by atoms with Gasteiger partial charge < -0.3 is 5.32 Å². The Morgan fingerprint density at radius 3 is 2.73 bits per heavy atom. The van der Waals surface area contributed by atoms with Crippen LogP contribution >= 0.6 is 15.9 Å². The van der Waals surface area contributed by atoms with Gasteiger partial charge in [-0.15, -0.1) is 0 Å². The molecule has 1 aromatic rings. The van der Waals surface area contributed by atoms with Crippen molar-refractivity contribution in [3.05, 3.63) is 28.0 Å². The maximum absolute atomic E-state index is 13.7. The molecule has 1 fully saturated rings. The molecule has 4 heteroatoms. The van der Waals surface area contributed by atoms with Crippen LogP contribution in [0.15, 0.2) is 16.6 Å². The largest absolute Gasteiger partial charge is 0.377 e. The monoisotopic (exact) mass is 268 g/mol. The summed E-state index contributed by atoms with van der Waals surface area (Å²) in [6, 6.07) is 5.15. The van der Waals surface area contributed by atoms with Crippen LogP contribution in [0.1, 0.15) is 25.3 Å². The van der Waals surface area contributed by atoms with Crippen molar-refractivity contribution in [1.82, 2.24) is 0 Å². The summed E-state index contributed by atoms with van der Waals surface area (Å²) in [6.07, 6.45) is 2.12. The summed E-state index contributed by atoms with van der Waals surface area (Å²) in [5.41, 5.74) is 0.814. The molecule has 0 saturated heterocycles. The number of nitriles is 1. The van der Waals surface area contributed by atoms with E-state index in [0.717, 1.165) is 12.8 Å². The minimum Gasteiger partial charge on any atom is -0.377 e. The number of halogens is 2. The fraction of sp³-hybridized carbons (Fsp3) is 0.364. The molecule has 0 aliphatic heterocycles. The first-order valence-electron chi connectivity index (χ1n) is 4.72. The first-order chi connectivity index (χ1) is 7.06. The lowest BCUT2D eigenvalue weighted by Gasteiger charge is -2.14. The zero-order valence-electron chi connectivity index (χ0n) is 8.27. The van der Waals surface area contributed by atoms with Gasteiger partial charge >= 0.3 is 0 Å². The van der Waals surface area contributed by atoms with Crippen LogP contribution in [0.25, 0.3) is 0 Å². The number of benzene rings is 1. The van der Waals surface area contributed by atoms with Crippen LogP contribution in [-0.4, -0.2) is 5.54 Å². The third kappa shape index (κ3) is 1.98. The second kappa shape index (κ2) is 3.49. The lowest BCUT2D eigenvalue weighted by molar-refractivity contribution is 0.619. The average Bonchev–Trinajstić information content (AvgIpc) is 2.92. The third-order valence-electron chi connectivity index (χ3n) is 2.64. The summed E-state index contributed by atoms with van der Waals surface area (Å²) in [4.78, 5) is 0. The molecule has 1 N–H and O–H groups in total. The first-order valence-corrected chi connectivity index (χ1v) is 5.51. The molecule has 78 valence electrons. The van der Waals surface area contributed by atoms with E-state index < -0.39 is 0 Å². The molecular formula is C11H10BrFN2. The zero-order valence-corrected chi connectivity index (χ0v) is 9.86. The molecule has 1 aliphatic rings. The van der Waals surface area contributed by atoms with Gasteiger partial charge in [0.2, 0.25) is 0 Å². The fourth-order valence-electron chi connectivity index (χ4n) is 1.37. The summed E-state index contributed by atoms with van der Waals surface area (Å²) in [7, 11) is 0. The predicted molar refractivity (Wildman–Crippen MR) is 60.1 cm³/mol. The Kier molecular flexibility index (Phi) is 2.43. The van der Waals surface area contributed by atoms with Crippen LogP contribution in [0.5, 0.6) is 0 Å². The molecule has 0 bridgehead atoms. The molecule has 0 radical (unpaired) electrons. The van der Waals surface area contributed by atoms with Gasteiger partial charge in [0.15, 0.2) is 5.82 Å². The van der Waals surface area contributed by atoms with Crippen molar-refractivity contribution in [3.8, 4) is 6.07 Å². The Hall–Kier alpha value is -1.08. The van der Waals surface area contributed by atoms with Gasteiger partial charge in [0.05, 0.1) is 15.7 Å². The molecule has 0 heterocycles. The standard InChI is InChI=1S/C11H10BrFN2/c1-11(4-5-11)15-8-3-2-7(6-14)9(12)10(8)13/h2-3,15H,4-5H2,1H3. The summed E-state index contributed by atoms with van der Waals surface area (Å²) < 4.78 is 14.0. The second-order valence-electron chi connectivity index (χ2n) is 4.09. The average molecular weight is 269 g/mol. The lowest BCUT2D eigenvalue weighted by Crippen LogP contribution is -2.17. The van der Waals surface area contributed by atoms with Gasteiger partial charge in [0.25, 0.3) is 0 Å². The van der Waals surface area contributed by atoms with Crippen LogP contribution in [0.2, 0.25) is 0 Å². The number of nitrogens with one attached hydrogen (secondary N) is 1. The van der Waals surface area contributed by atoms with E-state index in [-0.39, 0.29) is 15.8 Å². The minimum absolute atomic E-state index is 0.0362. The normalized spacial score (nSPS) is 16.9. The molecular weight excluding hydrogens is 259 g/mol. The van der Waals surface area contributed by atoms with E-state index >= 15 is 0 Å². The molecule has 0 spiro atoms. The van der Waals surface area contributed by atoms with E-state index in [1.54, 1.807) is 12.1 Å². The van der Waals surface area contributed by atoms with Gasteiger partial charge in [0, 0.05) is 5.54 Å². The lowest BCUT2D eigenvalue weighted by atomic mass is 10.2. The highest BCUT2D eigenvalue weighted by molar-refractivity contribution is 9.10. The Bertz CT molecular complexity index is 447. The van der Waals surface area contributed by atoms with E-state index in [2.05, 4.69) is 28.2 Å². The molecule has 1 saturated carbocycles. The number of anilines is 1. The number of hydrogen-bond donors (Lipinski definition) is 1. The van der Waals surface area contributed by atoms with Crippen molar-refractivity contribution >= 4 is 21.6 Å². The van der Waals surface area contributed by atoms with Crippen LogP contribution in [0, 0.1) is 17.1 Å². The van der Waals surface area contributed by atoms with Gasteiger partial charge in [0.1, 0.15) is 6.07 Å². The number of rotatable bonds is 2. The minimum atomic E-state index is -0.387. The van der Waals surface area contributed by atoms with Crippen LogP contribution in [0.4, 0.5) is 10.1 Å². The van der Waals surface area contributed by atoms with Crippen molar-refractivity contribution in [1.29, 1.82) is 5.26 Å². The Morgan fingerprint density at radius 2 is 2.20 bits per heavy atom. The van der Waals surface area contributed by atoms with Crippen molar-refractivity contribution in [3.63, 3.8) is 0 Å². The van der Waals surface area contributed by atoms with E-state index in [9.17, 15) is 4.39 Å². The van der Waals surface area contributed by atoms with Crippen molar-refractivity contribution < 1.29 is 4.39 Å². The van der Waals surface area contributed by atoms with Gasteiger partial charge in [-0.3, -0.25) is 0 Å². The Labute approximate surface area is 96.2 Å². The quantitative estimate of drug-likeness (QED) is 0.892. The zero-order chi connectivity index (χ0) is 11.1. The second-order valence-corrected chi connectivity index (χ2v) is 4.88. The van der Waals surface area contributed by atoms with Crippen LogP contribution in [-0.2, 0) is 0 Å². The van der Waals surface area contributed by atoms with Gasteiger partial charge in [-0.25, -0.2) is 4.39 Å². The van der Waals surface area contributed by atoms with Crippen molar-refractivity contribution in [2.45, 2.75) is 25.3 Å². The van der Waals surface area contributed by atoms with Gasteiger partial charge in [-0.05, 0) is 47.8 Å².